The summed E-state index contributed by atoms with van der Waals surface area (Å²) in [7, 11) is -2.28. The van der Waals surface area contributed by atoms with Gasteiger partial charge in [-0.15, -0.1) is 6.42 Å². The van der Waals surface area contributed by atoms with Gasteiger partial charge in [0, 0.05) is 7.11 Å². The molecule has 0 saturated heterocycles. The second-order valence-corrected chi connectivity index (χ2v) is 5.34. The van der Waals surface area contributed by atoms with Crippen LogP contribution in [0.25, 0.3) is 0 Å². The van der Waals surface area contributed by atoms with Crippen molar-refractivity contribution in [2.45, 2.75) is 32.0 Å². The second kappa shape index (κ2) is 4.51. The second-order valence-electron chi connectivity index (χ2n) is 3.68. The molecular formula is C10H15O4P. The van der Waals surface area contributed by atoms with Gasteiger partial charge in [-0.1, -0.05) is 18.1 Å². The standard InChI is InChI=1S/C10H15O4P/c1-5-10(2,3)14-15(11,12-4)13-9-7-6-8-9/h1,6-7,9H,8H2,2-4H3. The van der Waals surface area contributed by atoms with Gasteiger partial charge in [0.2, 0.25) is 0 Å². The predicted molar refractivity (Wildman–Crippen MR) is 57.2 cm³/mol. The van der Waals surface area contributed by atoms with Crippen LogP contribution in [0.3, 0.4) is 0 Å². The van der Waals surface area contributed by atoms with E-state index in [1.807, 2.05) is 6.08 Å². The summed E-state index contributed by atoms with van der Waals surface area (Å²) in [6.07, 6.45) is 9.44. The molecule has 1 aliphatic rings. The lowest BCUT2D eigenvalue weighted by Crippen LogP contribution is -2.23. The number of terminal acetylenes is 1. The molecule has 4 nitrogen and oxygen atoms in total. The van der Waals surface area contributed by atoms with E-state index in [0.29, 0.717) is 6.42 Å². The first-order chi connectivity index (χ1) is 6.91. The van der Waals surface area contributed by atoms with Crippen molar-refractivity contribution in [3.05, 3.63) is 12.2 Å². The Kier molecular flexibility index (Phi) is 3.75. The fraction of sp³-hybridized carbons (Fsp3) is 0.600. The highest BCUT2D eigenvalue weighted by atomic mass is 31.2. The SMILES string of the molecule is C#CC(C)(C)OP(=O)(OC)OC1C=CC1. The van der Waals surface area contributed by atoms with Gasteiger partial charge in [0.25, 0.3) is 0 Å². The fourth-order valence-electron chi connectivity index (χ4n) is 0.899. The van der Waals surface area contributed by atoms with E-state index in [1.165, 1.54) is 7.11 Å². The first-order valence-electron chi connectivity index (χ1n) is 4.60. The van der Waals surface area contributed by atoms with Crippen molar-refractivity contribution in [1.82, 2.24) is 0 Å². The van der Waals surface area contributed by atoms with E-state index in [2.05, 4.69) is 5.92 Å². The Morgan fingerprint density at radius 1 is 1.60 bits per heavy atom. The Labute approximate surface area is 90.2 Å². The van der Waals surface area contributed by atoms with E-state index < -0.39 is 13.4 Å². The molecule has 0 spiro atoms. The molecule has 2 unspecified atom stereocenters. The zero-order valence-electron chi connectivity index (χ0n) is 9.10. The van der Waals surface area contributed by atoms with E-state index in [4.69, 9.17) is 20.0 Å². The van der Waals surface area contributed by atoms with Crippen LogP contribution in [-0.2, 0) is 18.1 Å². The third kappa shape index (κ3) is 3.48. The Morgan fingerprint density at radius 2 is 2.20 bits per heavy atom. The summed E-state index contributed by atoms with van der Waals surface area (Å²) < 4.78 is 27.1. The zero-order valence-corrected chi connectivity index (χ0v) is 9.99. The fourth-order valence-corrected chi connectivity index (χ4v) is 2.20. The van der Waals surface area contributed by atoms with E-state index in [-0.39, 0.29) is 6.10 Å². The average molecular weight is 230 g/mol. The monoisotopic (exact) mass is 230 g/mol. The quantitative estimate of drug-likeness (QED) is 0.413. The van der Waals surface area contributed by atoms with Crippen LogP contribution in [0.5, 0.6) is 0 Å². The summed E-state index contributed by atoms with van der Waals surface area (Å²) in [6.45, 7) is 3.25. The van der Waals surface area contributed by atoms with Crippen LogP contribution >= 0.6 is 7.82 Å². The largest absolute Gasteiger partial charge is 0.476 e. The average Bonchev–Trinajstić information content (AvgIpc) is 2.11. The van der Waals surface area contributed by atoms with Crippen LogP contribution in [0, 0.1) is 12.3 Å². The lowest BCUT2D eigenvalue weighted by Gasteiger charge is -2.28. The summed E-state index contributed by atoms with van der Waals surface area (Å²) in [5.74, 6) is 2.37. The molecule has 1 rings (SSSR count). The molecule has 5 heteroatoms. The smallest absolute Gasteiger partial charge is 0.290 e. The lowest BCUT2D eigenvalue weighted by molar-refractivity contribution is 0.0583. The maximum atomic E-state index is 12.0. The molecule has 1 aliphatic carbocycles. The molecule has 0 aliphatic heterocycles. The molecule has 0 aromatic rings. The van der Waals surface area contributed by atoms with Gasteiger partial charge in [-0.25, -0.2) is 4.57 Å². The maximum absolute atomic E-state index is 12.0. The number of hydrogen-bond donors (Lipinski definition) is 0. The van der Waals surface area contributed by atoms with E-state index in [9.17, 15) is 4.57 Å². The number of rotatable bonds is 5. The summed E-state index contributed by atoms with van der Waals surface area (Å²) >= 11 is 0. The number of phosphoric ester groups is 1. The van der Waals surface area contributed by atoms with Crippen LogP contribution in [0.1, 0.15) is 20.3 Å². The van der Waals surface area contributed by atoms with E-state index in [0.717, 1.165) is 0 Å². The summed E-state index contributed by atoms with van der Waals surface area (Å²) in [5, 5.41) is 0. The topological polar surface area (TPSA) is 44.8 Å². The molecule has 0 aromatic heterocycles. The molecular weight excluding hydrogens is 215 g/mol. The third-order valence-electron chi connectivity index (χ3n) is 1.89. The molecule has 0 radical (unpaired) electrons. The van der Waals surface area contributed by atoms with Crippen molar-refractivity contribution in [2.24, 2.45) is 0 Å². The molecule has 0 heterocycles. The highest BCUT2D eigenvalue weighted by Gasteiger charge is 2.36. The van der Waals surface area contributed by atoms with Crippen LogP contribution in [0.2, 0.25) is 0 Å². The first kappa shape index (κ1) is 12.5. The molecule has 15 heavy (non-hydrogen) atoms. The van der Waals surface area contributed by atoms with Gasteiger partial charge < -0.3 is 0 Å². The predicted octanol–water partition coefficient (Wildman–Crippen LogP) is 2.51. The van der Waals surface area contributed by atoms with Crippen LogP contribution < -0.4 is 0 Å². The minimum absolute atomic E-state index is 0.204. The minimum atomic E-state index is -3.55. The van der Waals surface area contributed by atoms with Crippen molar-refractivity contribution in [2.75, 3.05) is 7.11 Å². The van der Waals surface area contributed by atoms with Crippen LogP contribution in [-0.4, -0.2) is 18.8 Å². The van der Waals surface area contributed by atoms with E-state index >= 15 is 0 Å². The van der Waals surface area contributed by atoms with Gasteiger partial charge in [0.1, 0.15) is 5.60 Å². The maximum Gasteiger partial charge on any atom is 0.476 e. The Morgan fingerprint density at radius 3 is 2.53 bits per heavy atom. The third-order valence-corrected chi connectivity index (χ3v) is 3.55. The van der Waals surface area contributed by atoms with Crippen molar-refractivity contribution in [3.63, 3.8) is 0 Å². The van der Waals surface area contributed by atoms with Gasteiger partial charge in [-0.05, 0) is 20.3 Å². The molecule has 0 saturated carbocycles. The van der Waals surface area contributed by atoms with Crippen LogP contribution in [0.15, 0.2) is 12.2 Å². The number of phosphoric acid groups is 1. The normalized spacial score (nSPS) is 24.0. The van der Waals surface area contributed by atoms with Gasteiger partial charge >= 0.3 is 7.82 Å². The van der Waals surface area contributed by atoms with Gasteiger partial charge in [0.15, 0.2) is 0 Å². The summed E-state index contributed by atoms with van der Waals surface area (Å²) in [6, 6.07) is 0. The Bertz CT molecular complexity index is 340. The minimum Gasteiger partial charge on any atom is -0.290 e. The summed E-state index contributed by atoms with van der Waals surface area (Å²) in [5.41, 5.74) is -0.973. The van der Waals surface area contributed by atoms with Gasteiger partial charge in [0.05, 0.1) is 6.10 Å². The lowest BCUT2D eigenvalue weighted by atomic mass is 10.1. The molecule has 2 atom stereocenters. The van der Waals surface area contributed by atoms with Crippen LogP contribution in [0.4, 0.5) is 0 Å². The van der Waals surface area contributed by atoms with Crippen molar-refractivity contribution in [1.29, 1.82) is 0 Å². The van der Waals surface area contributed by atoms with Gasteiger partial charge in [-0.2, -0.15) is 0 Å². The molecule has 0 amide bonds. The zero-order chi connectivity index (χ0) is 11.5. The first-order valence-corrected chi connectivity index (χ1v) is 6.06. The van der Waals surface area contributed by atoms with Crippen molar-refractivity contribution >= 4 is 7.82 Å². The number of hydrogen-bond acceptors (Lipinski definition) is 4. The molecule has 0 fully saturated rings. The van der Waals surface area contributed by atoms with Gasteiger partial charge in [-0.3, -0.25) is 13.6 Å². The Hall–Kier alpha value is -0.590. The van der Waals surface area contributed by atoms with E-state index in [1.54, 1.807) is 19.9 Å². The molecule has 0 aromatic carbocycles. The Balaban J connectivity index is 2.64. The molecule has 84 valence electrons. The highest BCUT2D eigenvalue weighted by molar-refractivity contribution is 7.48. The van der Waals surface area contributed by atoms with Crippen molar-refractivity contribution < 1.29 is 18.1 Å². The molecule has 0 N–H and O–H groups in total. The van der Waals surface area contributed by atoms with Crippen molar-refractivity contribution in [3.8, 4) is 12.3 Å². The highest BCUT2D eigenvalue weighted by Crippen LogP contribution is 2.53. The molecule has 0 bridgehead atoms. The summed E-state index contributed by atoms with van der Waals surface area (Å²) in [4.78, 5) is 0.